The first-order valence-corrected chi connectivity index (χ1v) is 9.35. The molecule has 1 amide bonds. The highest BCUT2D eigenvalue weighted by molar-refractivity contribution is 6.30. The number of nitrogens with one attached hydrogen (secondary N) is 1. The fraction of sp³-hybridized carbons (Fsp3) is 0.143. The van der Waals surface area contributed by atoms with E-state index < -0.39 is 0 Å². The number of hydrogen-bond acceptors (Lipinski definition) is 3. The van der Waals surface area contributed by atoms with Crippen LogP contribution in [-0.2, 0) is 4.79 Å². The molecule has 28 heavy (non-hydrogen) atoms. The zero-order valence-electron chi connectivity index (χ0n) is 15.4. The number of hydrogen-bond donors (Lipinski definition) is 1. The fourth-order valence-corrected chi connectivity index (χ4v) is 3.04. The Labute approximate surface area is 173 Å². The van der Waals surface area contributed by atoms with Gasteiger partial charge in [-0.15, -0.1) is 0 Å². The summed E-state index contributed by atoms with van der Waals surface area (Å²) in [6, 6.07) is 16.4. The summed E-state index contributed by atoms with van der Waals surface area (Å²) in [7, 11) is 0. The maximum Gasteiger partial charge on any atom is 0.277 e. The molecule has 0 unspecified atom stereocenters. The van der Waals surface area contributed by atoms with Crippen LogP contribution in [0, 0.1) is 13.8 Å². The molecule has 7 heteroatoms. The second-order valence-corrected chi connectivity index (χ2v) is 7.05. The maximum absolute atomic E-state index is 11.9. The summed E-state index contributed by atoms with van der Waals surface area (Å²) < 4.78 is 7.48. The van der Waals surface area contributed by atoms with Gasteiger partial charge in [-0.3, -0.25) is 4.79 Å². The third-order valence-electron chi connectivity index (χ3n) is 4.13. The van der Waals surface area contributed by atoms with Crippen molar-refractivity contribution in [2.24, 2.45) is 5.10 Å². The molecule has 3 aromatic rings. The van der Waals surface area contributed by atoms with Crippen molar-refractivity contribution in [3.63, 3.8) is 0 Å². The molecule has 0 spiro atoms. The van der Waals surface area contributed by atoms with Crippen molar-refractivity contribution in [2.45, 2.75) is 13.8 Å². The first-order chi connectivity index (χ1) is 13.4. The van der Waals surface area contributed by atoms with Gasteiger partial charge in [0.25, 0.3) is 5.91 Å². The lowest BCUT2D eigenvalue weighted by Gasteiger charge is -2.09. The van der Waals surface area contributed by atoms with Gasteiger partial charge in [0.1, 0.15) is 5.75 Å². The van der Waals surface area contributed by atoms with Crippen LogP contribution in [-0.4, -0.2) is 23.3 Å². The topological polar surface area (TPSA) is 55.6 Å². The summed E-state index contributed by atoms with van der Waals surface area (Å²) in [5.41, 5.74) is 6.45. The van der Waals surface area contributed by atoms with E-state index in [4.69, 9.17) is 27.9 Å². The number of halogens is 2. The van der Waals surface area contributed by atoms with Crippen LogP contribution in [0.2, 0.25) is 10.0 Å². The summed E-state index contributed by atoms with van der Waals surface area (Å²) in [6.45, 7) is 3.87. The van der Waals surface area contributed by atoms with Crippen molar-refractivity contribution >= 4 is 35.3 Å². The monoisotopic (exact) mass is 415 g/mol. The summed E-state index contributed by atoms with van der Waals surface area (Å²) >= 11 is 11.8. The van der Waals surface area contributed by atoms with E-state index in [2.05, 4.69) is 15.1 Å². The van der Waals surface area contributed by atoms with Crippen LogP contribution in [0.3, 0.4) is 0 Å². The molecule has 1 aromatic heterocycles. The minimum Gasteiger partial charge on any atom is -0.484 e. The second kappa shape index (κ2) is 8.95. The van der Waals surface area contributed by atoms with Gasteiger partial charge < -0.3 is 9.30 Å². The van der Waals surface area contributed by atoms with Crippen molar-refractivity contribution in [3.05, 3.63) is 81.6 Å². The zero-order chi connectivity index (χ0) is 20.1. The predicted molar refractivity (Wildman–Crippen MR) is 113 cm³/mol. The number of benzene rings is 2. The van der Waals surface area contributed by atoms with Crippen molar-refractivity contribution < 1.29 is 9.53 Å². The highest BCUT2D eigenvalue weighted by Crippen LogP contribution is 2.21. The molecule has 0 aliphatic carbocycles. The first kappa shape index (κ1) is 20.0. The lowest BCUT2D eigenvalue weighted by molar-refractivity contribution is -0.123. The number of amides is 1. The third kappa shape index (κ3) is 4.94. The van der Waals surface area contributed by atoms with Crippen LogP contribution in [0.25, 0.3) is 5.69 Å². The van der Waals surface area contributed by atoms with Gasteiger partial charge in [0, 0.05) is 32.7 Å². The van der Waals surface area contributed by atoms with Gasteiger partial charge in [0.05, 0.1) is 6.21 Å². The normalized spacial score (nSPS) is 11.0. The maximum atomic E-state index is 11.9. The third-order valence-corrected chi connectivity index (χ3v) is 4.64. The molecule has 0 saturated carbocycles. The Morgan fingerprint density at radius 2 is 1.68 bits per heavy atom. The van der Waals surface area contributed by atoms with Crippen LogP contribution in [0.5, 0.6) is 5.75 Å². The minimum absolute atomic E-state index is 0.136. The van der Waals surface area contributed by atoms with E-state index >= 15 is 0 Å². The van der Waals surface area contributed by atoms with Gasteiger partial charge in [-0.05, 0) is 68.4 Å². The largest absolute Gasteiger partial charge is 0.484 e. The SMILES string of the molecule is Cc1cc(/C=N\NC(=O)COc2ccc(Cl)cc2)c(C)n1-c1ccc(Cl)cc1. The van der Waals surface area contributed by atoms with E-state index in [1.54, 1.807) is 30.5 Å². The smallest absolute Gasteiger partial charge is 0.277 e. The van der Waals surface area contributed by atoms with E-state index in [-0.39, 0.29) is 12.5 Å². The van der Waals surface area contributed by atoms with Crippen molar-refractivity contribution in [2.75, 3.05) is 6.61 Å². The van der Waals surface area contributed by atoms with Crippen LogP contribution in [0.4, 0.5) is 0 Å². The van der Waals surface area contributed by atoms with Gasteiger partial charge in [0.2, 0.25) is 0 Å². The van der Waals surface area contributed by atoms with Gasteiger partial charge in [0.15, 0.2) is 6.61 Å². The Kier molecular flexibility index (Phi) is 6.39. The van der Waals surface area contributed by atoms with Crippen LogP contribution in [0.1, 0.15) is 17.0 Å². The molecule has 0 saturated heterocycles. The van der Waals surface area contributed by atoms with E-state index in [0.29, 0.717) is 15.8 Å². The second-order valence-electron chi connectivity index (χ2n) is 6.17. The van der Waals surface area contributed by atoms with Gasteiger partial charge in [-0.25, -0.2) is 5.43 Å². The summed E-state index contributed by atoms with van der Waals surface area (Å²) in [4.78, 5) is 11.9. The number of aromatic nitrogens is 1. The van der Waals surface area contributed by atoms with Crippen molar-refractivity contribution in [1.29, 1.82) is 0 Å². The predicted octanol–water partition coefficient (Wildman–Crippen LogP) is 4.93. The van der Waals surface area contributed by atoms with E-state index in [0.717, 1.165) is 22.6 Å². The standard InChI is InChI=1S/C21H19Cl2N3O2/c1-14-11-16(15(2)26(14)19-7-3-17(22)4-8-19)12-24-25-21(27)13-28-20-9-5-18(23)6-10-20/h3-12H,13H2,1-2H3,(H,25,27)/b24-12-. The number of ether oxygens (including phenoxy) is 1. The highest BCUT2D eigenvalue weighted by atomic mass is 35.5. The average molecular weight is 416 g/mol. The van der Waals surface area contributed by atoms with Crippen LogP contribution in [0.15, 0.2) is 59.7 Å². The molecule has 0 bridgehead atoms. The number of hydrazone groups is 1. The van der Waals surface area contributed by atoms with Gasteiger partial charge >= 0.3 is 0 Å². The lowest BCUT2D eigenvalue weighted by Crippen LogP contribution is -2.24. The summed E-state index contributed by atoms with van der Waals surface area (Å²) in [5, 5.41) is 5.33. The summed E-state index contributed by atoms with van der Waals surface area (Å²) in [5.74, 6) is 0.216. The highest BCUT2D eigenvalue weighted by Gasteiger charge is 2.09. The molecule has 0 fully saturated rings. The number of carbonyl (C=O) groups is 1. The molecule has 5 nitrogen and oxygen atoms in total. The lowest BCUT2D eigenvalue weighted by atomic mass is 10.2. The van der Waals surface area contributed by atoms with E-state index in [9.17, 15) is 4.79 Å². The van der Waals surface area contributed by atoms with Crippen LogP contribution < -0.4 is 10.2 Å². The molecular weight excluding hydrogens is 397 g/mol. The molecule has 3 rings (SSSR count). The number of rotatable bonds is 6. The van der Waals surface area contributed by atoms with Crippen molar-refractivity contribution in [1.82, 2.24) is 9.99 Å². The molecule has 0 radical (unpaired) electrons. The number of carbonyl (C=O) groups excluding carboxylic acids is 1. The Balaban J connectivity index is 1.61. The van der Waals surface area contributed by atoms with Crippen LogP contribution >= 0.6 is 23.2 Å². The Morgan fingerprint density at radius 1 is 1.07 bits per heavy atom. The Morgan fingerprint density at radius 3 is 2.32 bits per heavy atom. The molecule has 0 aliphatic heterocycles. The Bertz CT molecular complexity index is 994. The molecule has 0 atom stereocenters. The minimum atomic E-state index is -0.349. The average Bonchev–Trinajstić information content (AvgIpc) is 2.96. The van der Waals surface area contributed by atoms with Crippen molar-refractivity contribution in [3.8, 4) is 11.4 Å². The zero-order valence-corrected chi connectivity index (χ0v) is 17.0. The molecule has 1 N–H and O–H groups in total. The van der Waals surface area contributed by atoms with E-state index in [1.165, 1.54) is 0 Å². The first-order valence-electron chi connectivity index (χ1n) is 8.59. The fourth-order valence-electron chi connectivity index (χ4n) is 2.79. The number of aryl methyl sites for hydroxylation is 1. The van der Waals surface area contributed by atoms with Gasteiger partial charge in [-0.2, -0.15) is 5.10 Å². The summed E-state index contributed by atoms with van der Waals surface area (Å²) in [6.07, 6.45) is 1.62. The molecule has 144 valence electrons. The molecular formula is C21H19Cl2N3O2. The van der Waals surface area contributed by atoms with Gasteiger partial charge in [-0.1, -0.05) is 23.2 Å². The number of nitrogens with zero attached hydrogens (tertiary/aromatic N) is 2. The quantitative estimate of drug-likeness (QED) is 0.458. The molecule has 2 aromatic carbocycles. The van der Waals surface area contributed by atoms with E-state index in [1.807, 2.05) is 44.2 Å². The molecule has 1 heterocycles. The Hall–Kier alpha value is -2.76. The molecule has 0 aliphatic rings.